The lowest BCUT2D eigenvalue weighted by atomic mass is 9.83. The van der Waals surface area contributed by atoms with Gasteiger partial charge in [0.1, 0.15) is 12.4 Å². The number of piperidine rings is 1. The molecule has 1 aliphatic heterocycles. The first-order chi connectivity index (χ1) is 10.1. The SMILES string of the molecule is CC1(C)CCN(CCOc2cccc(C#CCN)c2)CC1. The van der Waals surface area contributed by atoms with Gasteiger partial charge in [-0.2, -0.15) is 0 Å². The Morgan fingerprint density at radius 3 is 2.76 bits per heavy atom. The van der Waals surface area contributed by atoms with Crippen LogP contribution in [0.3, 0.4) is 0 Å². The van der Waals surface area contributed by atoms with Gasteiger partial charge in [0.05, 0.1) is 6.54 Å². The second-order valence-corrected chi connectivity index (χ2v) is 6.39. The summed E-state index contributed by atoms with van der Waals surface area (Å²) in [5.74, 6) is 6.77. The molecule has 0 amide bonds. The van der Waals surface area contributed by atoms with Gasteiger partial charge in [0.15, 0.2) is 0 Å². The Bertz CT molecular complexity index is 503. The van der Waals surface area contributed by atoms with Crippen molar-refractivity contribution in [1.82, 2.24) is 4.90 Å². The first kappa shape index (κ1) is 15.9. The Hall–Kier alpha value is -1.50. The Morgan fingerprint density at radius 1 is 1.29 bits per heavy atom. The van der Waals surface area contributed by atoms with Gasteiger partial charge < -0.3 is 10.5 Å². The molecule has 1 aromatic rings. The third kappa shape index (κ3) is 5.41. The summed E-state index contributed by atoms with van der Waals surface area (Å²) < 4.78 is 5.84. The highest BCUT2D eigenvalue weighted by atomic mass is 16.5. The Labute approximate surface area is 128 Å². The van der Waals surface area contributed by atoms with Crippen LogP contribution in [0.2, 0.25) is 0 Å². The van der Waals surface area contributed by atoms with Gasteiger partial charge in [-0.15, -0.1) is 0 Å². The van der Waals surface area contributed by atoms with Crippen molar-refractivity contribution in [3.05, 3.63) is 29.8 Å². The van der Waals surface area contributed by atoms with E-state index < -0.39 is 0 Å². The van der Waals surface area contributed by atoms with Crippen molar-refractivity contribution in [2.24, 2.45) is 11.1 Å². The highest BCUT2D eigenvalue weighted by Crippen LogP contribution is 2.29. The molecule has 0 spiro atoms. The third-order valence-electron chi connectivity index (χ3n) is 4.05. The highest BCUT2D eigenvalue weighted by molar-refractivity contribution is 5.39. The van der Waals surface area contributed by atoms with Crippen molar-refractivity contribution in [1.29, 1.82) is 0 Å². The Morgan fingerprint density at radius 2 is 2.05 bits per heavy atom. The molecule has 1 aliphatic rings. The molecule has 0 atom stereocenters. The minimum absolute atomic E-state index is 0.385. The van der Waals surface area contributed by atoms with Gasteiger partial charge in [-0.3, -0.25) is 4.90 Å². The van der Waals surface area contributed by atoms with E-state index in [0.717, 1.165) is 24.5 Å². The molecule has 1 saturated heterocycles. The monoisotopic (exact) mass is 286 g/mol. The maximum Gasteiger partial charge on any atom is 0.120 e. The Balaban J connectivity index is 1.76. The molecule has 3 heteroatoms. The number of benzene rings is 1. The molecule has 1 aromatic carbocycles. The van der Waals surface area contributed by atoms with Crippen molar-refractivity contribution in [3.8, 4) is 17.6 Å². The first-order valence-electron chi connectivity index (χ1n) is 7.73. The molecule has 3 nitrogen and oxygen atoms in total. The van der Waals surface area contributed by atoms with E-state index in [0.29, 0.717) is 12.0 Å². The molecule has 21 heavy (non-hydrogen) atoms. The van der Waals surface area contributed by atoms with Gasteiger partial charge in [-0.05, 0) is 49.5 Å². The highest BCUT2D eigenvalue weighted by Gasteiger charge is 2.24. The lowest BCUT2D eigenvalue weighted by Crippen LogP contribution is -2.39. The Kier molecular flexibility index (Phi) is 5.67. The molecule has 0 radical (unpaired) electrons. The molecule has 114 valence electrons. The van der Waals surface area contributed by atoms with Gasteiger partial charge in [-0.1, -0.05) is 31.8 Å². The second kappa shape index (κ2) is 7.49. The molecule has 2 rings (SSSR count). The standard InChI is InChI=1S/C18H26N2O/c1-18(2)8-11-20(12-9-18)13-14-21-17-7-3-5-16(15-17)6-4-10-19/h3,5,7,15H,8-14,19H2,1-2H3. The fourth-order valence-electron chi connectivity index (χ4n) is 2.49. The predicted octanol–water partition coefficient (Wildman–Crippen LogP) is 2.50. The number of nitrogens with zero attached hydrogens (tertiary/aromatic N) is 1. The average molecular weight is 286 g/mol. The molecule has 0 aliphatic carbocycles. The summed E-state index contributed by atoms with van der Waals surface area (Å²) in [5.41, 5.74) is 6.85. The molecule has 1 heterocycles. The van der Waals surface area contributed by atoms with Crippen LogP contribution in [-0.4, -0.2) is 37.7 Å². The van der Waals surface area contributed by atoms with Crippen LogP contribution in [0.15, 0.2) is 24.3 Å². The topological polar surface area (TPSA) is 38.5 Å². The maximum absolute atomic E-state index is 5.84. The summed E-state index contributed by atoms with van der Waals surface area (Å²) >= 11 is 0. The van der Waals surface area contributed by atoms with Gasteiger partial charge >= 0.3 is 0 Å². The van der Waals surface area contributed by atoms with Crippen LogP contribution in [-0.2, 0) is 0 Å². The van der Waals surface area contributed by atoms with Gasteiger partial charge in [-0.25, -0.2) is 0 Å². The smallest absolute Gasteiger partial charge is 0.120 e. The summed E-state index contributed by atoms with van der Waals surface area (Å²) in [5, 5.41) is 0. The van der Waals surface area contributed by atoms with Gasteiger partial charge in [0.2, 0.25) is 0 Å². The van der Waals surface area contributed by atoms with Crippen LogP contribution in [0.25, 0.3) is 0 Å². The van der Waals surface area contributed by atoms with E-state index in [1.807, 2.05) is 24.3 Å². The summed E-state index contributed by atoms with van der Waals surface area (Å²) in [7, 11) is 0. The normalized spacial score (nSPS) is 17.9. The largest absolute Gasteiger partial charge is 0.492 e. The van der Waals surface area contributed by atoms with E-state index in [1.165, 1.54) is 25.9 Å². The fraction of sp³-hybridized carbons (Fsp3) is 0.556. The summed E-state index contributed by atoms with van der Waals surface area (Å²) in [4.78, 5) is 2.49. The number of ether oxygens (including phenoxy) is 1. The zero-order valence-corrected chi connectivity index (χ0v) is 13.2. The summed E-state index contributed by atoms with van der Waals surface area (Å²) in [6.45, 7) is 9.18. The summed E-state index contributed by atoms with van der Waals surface area (Å²) in [6.07, 6.45) is 2.55. The van der Waals surface area contributed by atoms with Crippen molar-refractivity contribution in [3.63, 3.8) is 0 Å². The molecule has 1 fully saturated rings. The zero-order valence-electron chi connectivity index (χ0n) is 13.2. The molecule has 2 N–H and O–H groups in total. The number of rotatable bonds is 4. The van der Waals surface area contributed by atoms with Gasteiger partial charge in [0.25, 0.3) is 0 Å². The molecule has 0 saturated carbocycles. The number of nitrogens with two attached hydrogens (primary N) is 1. The number of hydrogen-bond acceptors (Lipinski definition) is 3. The molecule has 0 bridgehead atoms. The minimum Gasteiger partial charge on any atom is -0.492 e. The van der Waals surface area contributed by atoms with Crippen molar-refractivity contribution in [2.75, 3.05) is 32.8 Å². The van der Waals surface area contributed by atoms with Crippen LogP contribution in [0.1, 0.15) is 32.3 Å². The summed E-state index contributed by atoms with van der Waals surface area (Å²) in [6, 6.07) is 7.90. The van der Waals surface area contributed by atoms with E-state index in [4.69, 9.17) is 10.5 Å². The van der Waals surface area contributed by atoms with Crippen molar-refractivity contribution >= 4 is 0 Å². The minimum atomic E-state index is 0.385. The van der Waals surface area contributed by atoms with Gasteiger partial charge in [0, 0.05) is 12.1 Å². The molecule has 0 unspecified atom stereocenters. The first-order valence-corrected chi connectivity index (χ1v) is 7.73. The van der Waals surface area contributed by atoms with E-state index >= 15 is 0 Å². The lowest BCUT2D eigenvalue weighted by molar-refractivity contribution is 0.116. The maximum atomic E-state index is 5.84. The number of likely N-dealkylation sites (tertiary alicyclic amines) is 1. The fourth-order valence-corrected chi connectivity index (χ4v) is 2.49. The molecular formula is C18H26N2O. The molecular weight excluding hydrogens is 260 g/mol. The molecule has 0 aromatic heterocycles. The van der Waals surface area contributed by atoms with Crippen LogP contribution in [0, 0.1) is 17.3 Å². The quantitative estimate of drug-likeness (QED) is 0.864. The third-order valence-corrected chi connectivity index (χ3v) is 4.05. The average Bonchev–Trinajstić information content (AvgIpc) is 2.47. The zero-order chi connectivity index (χ0) is 15.1. The number of hydrogen-bond donors (Lipinski definition) is 1. The van der Waals surface area contributed by atoms with E-state index in [1.54, 1.807) is 0 Å². The van der Waals surface area contributed by atoms with Crippen LogP contribution >= 0.6 is 0 Å². The van der Waals surface area contributed by atoms with E-state index in [9.17, 15) is 0 Å². The van der Waals surface area contributed by atoms with Crippen molar-refractivity contribution in [2.45, 2.75) is 26.7 Å². The van der Waals surface area contributed by atoms with Crippen LogP contribution in [0.4, 0.5) is 0 Å². The predicted molar refractivity (Wildman–Crippen MR) is 87.3 cm³/mol. The lowest BCUT2D eigenvalue weighted by Gasteiger charge is -2.36. The van der Waals surface area contributed by atoms with Crippen LogP contribution in [0.5, 0.6) is 5.75 Å². The second-order valence-electron chi connectivity index (χ2n) is 6.39. The van der Waals surface area contributed by atoms with Crippen molar-refractivity contribution < 1.29 is 4.74 Å². The van der Waals surface area contributed by atoms with E-state index in [-0.39, 0.29) is 0 Å². The van der Waals surface area contributed by atoms with E-state index in [2.05, 4.69) is 30.6 Å². The van der Waals surface area contributed by atoms with Crippen LogP contribution < -0.4 is 10.5 Å².